The first-order valence-corrected chi connectivity index (χ1v) is 8.38. The van der Waals surface area contributed by atoms with Crippen LogP contribution in [0.5, 0.6) is 0 Å². The molecule has 4 nitrogen and oxygen atoms in total. The second kappa shape index (κ2) is 8.33. The molecule has 0 heterocycles. The molecule has 0 aliphatic rings. The van der Waals surface area contributed by atoms with Gasteiger partial charge in [-0.3, -0.25) is 4.79 Å². The molecule has 2 rings (SSSR count). The molecule has 0 saturated carbocycles. The van der Waals surface area contributed by atoms with Gasteiger partial charge in [-0.2, -0.15) is 0 Å². The number of halogens is 2. The van der Waals surface area contributed by atoms with Gasteiger partial charge in [-0.05, 0) is 61.5 Å². The molecule has 0 radical (unpaired) electrons. The zero-order chi connectivity index (χ0) is 17.7. The fourth-order valence-corrected chi connectivity index (χ4v) is 2.50. The average molecular weight is 382 g/mol. The first-order valence-electron chi connectivity index (χ1n) is 7.22. The Morgan fingerprint density at radius 2 is 1.79 bits per heavy atom. The van der Waals surface area contributed by atoms with Crippen LogP contribution in [0, 0.1) is 13.8 Å². The van der Waals surface area contributed by atoms with Crippen LogP contribution < -0.4 is 16.0 Å². The van der Waals surface area contributed by atoms with E-state index in [-0.39, 0.29) is 12.5 Å². The Morgan fingerprint density at radius 1 is 1.04 bits per heavy atom. The predicted molar refractivity (Wildman–Crippen MR) is 105 cm³/mol. The van der Waals surface area contributed by atoms with Crippen LogP contribution in [-0.4, -0.2) is 17.6 Å². The van der Waals surface area contributed by atoms with Crippen molar-refractivity contribution in [3.05, 3.63) is 57.6 Å². The Morgan fingerprint density at radius 3 is 2.54 bits per heavy atom. The predicted octanol–water partition coefficient (Wildman–Crippen LogP) is 4.54. The van der Waals surface area contributed by atoms with Crippen molar-refractivity contribution in [3.8, 4) is 0 Å². The lowest BCUT2D eigenvalue weighted by molar-refractivity contribution is -0.115. The number of hydrogen-bond donors (Lipinski definition) is 3. The van der Waals surface area contributed by atoms with Gasteiger partial charge in [0.15, 0.2) is 5.11 Å². The maximum absolute atomic E-state index is 12.0. The van der Waals surface area contributed by atoms with Crippen molar-refractivity contribution in [2.24, 2.45) is 0 Å². The third-order valence-corrected chi connectivity index (χ3v) is 4.06. The summed E-state index contributed by atoms with van der Waals surface area (Å²) in [5.41, 5.74) is 3.56. The molecule has 126 valence electrons. The fourth-order valence-electron chi connectivity index (χ4n) is 1.99. The SMILES string of the molecule is Cc1ccc(C)c(NC(=S)NCC(=O)Nc2cc(Cl)ccc2Cl)c1. The third-order valence-electron chi connectivity index (χ3n) is 3.25. The van der Waals surface area contributed by atoms with Crippen molar-refractivity contribution in [1.29, 1.82) is 0 Å². The van der Waals surface area contributed by atoms with Gasteiger partial charge in [-0.15, -0.1) is 0 Å². The molecule has 2 aromatic carbocycles. The number of nitrogens with one attached hydrogen (secondary N) is 3. The zero-order valence-corrected chi connectivity index (χ0v) is 15.6. The number of hydrogen-bond acceptors (Lipinski definition) is 2. The number of thiocarbonyl (C=S) groups is 1. The molecule has 0 atom stereocenters. The summed E-state index contributed by atoms with van der Waals surface area (Å²) in [5.74, 6) is -0.274. The van der Waals surface area contributed by atoms with Crippen molar-refractivity contribution in [2.45, 2.75) is 13.8 Å². The fraction of sp³-hybridized carbons (Fsp3) is 0.176. The molecule has 0 aliphatic heterocycles. The summed E-state index contributed by atoms with van der Waals surface area (Å²) < 4.78 is 0. The topological polar surface area (TPSA) is 53.2 Å². The molecular formula is C17H17Cl2N3OS. The van der Waals surface area contributed by atoms with Crippen LogP contribution in [0.15, 0.2) is 36.4 Å². The minimum Gasteiger partial charge on any atom is -0.353 e. The van der Waals surface area contributed by atoms with Gasteiger partial charge in [0.2, 0.25) is 5.91 Å². The van der Waals surface area contributed by atoms with E-state index >= 15 is 0 Å². The summed E-state index contributed by atoms with van der Waals surface area (Å²) in [6.07, 6.45) is 0. The van der Waals surface area contributed by atoms with Crippen LogP contribution in [0.2, 0.25) is 10.0 Å². The maximum atomic E-state index is 12.0. The van der Waals surface area contributed by atoms with Gasteiger partial charge < -0.3 is 16.0 Å². The van der Waals surface area contributed by atoms with Crippen molar-refractivity contribution in [3.63, 3.8) is 0 Å². The Balaban J connectivity index is 1.88. The van der Waals surface area contributed by atoms with E-state index in [2.05, 4.69) is 16.0 Å². The largest absolute Gasteiger partial charge is 0.353 e. The van der Waals surface area contributed by atoms with E-state index in [9.17, 15) is 4.79 Å². The molecule has 0 unspecified atom stereocenters. The smallest absolute Gasteiger partial charge is 0.243 e. The highest BCUT2D eigenvalue weighted by Gasteiger charge is 2.08. The molecule has 0 spiro atoms. The second-order valence-corrected chi connectivity index (χ2v) is 6.55. The summed E-state index contributed by atoms with van der Waals surface area (Å²) in [5, 5.41) is 9.92. The molecule has 0 saturated heterocycles. The minimum absolute atomic E-state index is 0.0134. The van der Waals surface area contributed by atoms with Gasteiger partial charge in [0.25, 0.3) is 0 Å². The highest BCUT2D eigenvalue weighted by molar-refractivity contribution is 7.80. The van der Waals surface area contributed by atoms with E-state index in [0.717, 1.165) is 16.8 Å². The molecule has 0 bridgehead atoms. The quantitative estimate of drug-likeness (QED) is 0.680. The number of anilines is 2. The lowest BCUT2D eigenvalue weighted by Crippen LogP contribution is -2.35. The van der Waals surface area contributed by atoms with E-state index in [1.165, 1.54) is 0 Å². The lowest BCUT2D eigenvalue weighted by Gasteiger charge is -2.13. The van der Waals surface area contributed by atoms with E-state index in [1.807, 2.05) is 32.0 Å². The van der Waals surface area contributed by atoms with Crippen LogP contribution in [0.1, 0.15) is 11.1 Å². The van der Waals surface area contributed by atoms with Crippen molar-refractivity contribution >= 4 is 57.8 Å². The summed E-state index contributed by atoms with van der Waals surface area (Å²) in [7, 11) is 0. The normalized spacial score (nSPS) is 10.2. The van der Waals surface area contributed by atoms with E-state index in [1.54, 1.807) is 18.2 Å². The van der Waals surface area contributed by atoms with Gasteiger partial charge in [-0.1, -0.05) is 35.3 Å². The van der Waals surface area contributed by atoms with Crippen LogP contribution in [0.3, 0.4) is 0 Å². The molecule has 0 fully saturated rings. The van der Waals surface area contributed by atoms with Crippen molar-refractivity contribution < 1.29 is 4.79 Å². The molecule has 3 N–H and O–H groups in total. The summed E-state index contributed by atoms with van der Waals surface area (Å²) in [6, 6.07) is 10.9. The summed E-state index contributed by atoms with van der Waals surface area (Å²) >= 11 is 17.1. The standard InChI is InChI=1S/C17H17Cl2N3OS/c1-10-3-4-11(2)14(7-10)22-17(24)20-9-16(23)21-15-8-12(18)5-6-13(15)19/h3-8H,9H2,1-2H3,(H,21,23)(H2,20,22,24). The Hall–Kier alpha value is -1.82. The highest BCUT2D eigenvalue weighted by Crippen LogP contribution is 2.25. The van der Waals surface area contributed by atoms with Crippen molar-refractivity contribution in [2.75, 3.05) is 17.2 Å². The first kappa shape index (κ1) is 18.5. The Labute approximate surface area is 156 Å². The van der Waals surface area contributed by atoms with E-state index in [4.69, 9.17) is 35.4 Å². The molecule has 24 heavy (non-hydrogen) atoms. The van der Waals surface area contributed by atoms with Crippen LogP contribution in [0.4, 0.5) is 11.4 Å². The van der Waals surface area contributed by atoms with E-state index < -0.39 is 0 Å². The molecule has 0 aromatic heterocycles. The molecule has 2 aromatic rings. The van der Waals surface area contributed by atoms with Crippen molar-refractivity contribution in [1.82, 2.24) is 5.32 Å². The number of carbonyl (C=O) groups is 1. The van der Waals surface area contributed by atoms with Crippen LogP contribution in [0.25, 0.3) is 0 Å². The number of benzene rings is 2. The monoisotopic (exact) mass is 381 g/mol. The molecule has 7 heteroatoms. The molecule has 1 amide bonds. The number of aryl methyl sites for hydroxylation is 2. The van der Waals surface area contributed by atoms with Crippen LogP contribution >= 0.6 is 35.4 Å². The van der Waals surface area contributed by atoms with Gasteiger partial charge in [0.05, 0.1) is 17.3 Å². The van der Waals surface area contributed by atoms with Crippen LogP contribution in [-0.2, 0) is 4.79 Å². The summed E-state index contributed by atoms with van der Waals surface area (Å²) in [4.78, 5) is 12.0. The molecular weight excluding hydrogens is 365 g/mol. The third kappa shape index (κ3) is 5.37. The van der Waals surface area contributed by atoms with Gasteiger partial charge in [0.1, 0.15) is 0 Å². The second-order valence-electron chi connectivity index (χ2n) is 5.30. The number of carbonyl (C=O) groups excluding carboxylic acids is 1. The van der Waals surface area contributed by atoms with Gasteiger partial charge in [0, 0.05) is 10.7 Å². The number of rotatable bonds is 4. The Bertz CT molecular complexity index is 715. The van der Waals surface area contributed by atoms with E-state index in [0.29, 0.717) is 20.8 Å². The summed E-state index contributed by atoms with van der Waals surface area (Å²) in [6.45, 7) is 4.00. The zero-order valence-electron chi connectivity index (χ0n) is 13.2. The number of amides is 1. The van der Waals surface area contributed by atoms with Gasteiger partial charge in [-0.25, -0.2) is 0 Å². The minimum atomic E-state index is -0.274. The Kier molecular flexibility index (Phi) is 6.43. The molecule has 0 aliphatic carbocycles. The van der Waals surface area contributed by atoms with Gasteiger partial charge >= 0.3 is 0 Å². The first-order chi connectivity index (χ1) is 11.3. The highest BCUT2D eigenvalue weighted by atomic mass is 35.5. The maximum Gasteiger partial charge on any atom is 0.243 e. The average Bonchev–Trinajstić information content (AvgIpc) is 2.52. The lowest BCUT2D eigenvalue weighted by atomic mass is 10.1.